The Morgan fingerprint density at radius 3 is 2.38 bits per heavy atom. The number of hydrogen-bond donors (Lipinski definition) is 1. The number of nitrogens with zero attached hydrogens (tertiary/aromatic N) is 3. The lowest BCUT2D eigenvalue weighted by Crippen LogP contribution is -2.34. The fourth-order valence-electron chi connectivity index (χ4n) is 4.00. The van der Waals surface area contributed by atoms with Gasteiger partial charge in [0.15, 0.2) is 0 Å². The zero-order chi connectivity index (χ0) is 26.3. The number of aromatic nitrogens is 2. The average Bonchev–Trinajstić information content (AvgIpc) is 3.44. The lowest BCUT2D eigenvalue weighted by Gasteiger charge is -2.26. The Labute approximate surface area is 220 Å². The fourth-order valence-corrected chi connectivity index (χ4v) is 6.31. The normalized spacial score (nSPS) is 12.4. The van der Waals surface area contributed by atoms with Crippen LogP contribution in [0.1, 0.15) is 34.1 Å². The third-order valence-electron chi connectivity index (χ3n) is 5.84. The Bertz CT molecular complexity index is 1440. The van der Waals surface area contributed by atoms with Crippen molar-refractivity contribution in [3.05, 3.63) is 120 Å². The van der Waals surface area contributed by atoms with E-state index in [4.69, 9.17) is 5.11 Å². The molecule has 9 heteroatoms. The number of carbonyl (C=O) groups is 1. The number of thiazole rings is 1. The number of aryl methyl sites for hydroxylation is 1. The highest BCUT2D eigenvalue weighted by Gasteiger charge is 2.32. The molecule has 4 aromatic rings. The van der Waals surface area contributed by atoms with Gasteiger partial charge in [0.2, 0.25) is 10.0 Å². The quantitative estimate of drug-likeness (QED) is 0.242. The molecule has 0 aliphatic heterocycles. The molecule has 190 valence electrons. The molecule has 1 unspecified atom stereocenters. The van der Waals surface area contributed by atoms with Crippen LogP contribution in [0, 0.1) is 0 Å². The Balaban J connectivity index is 1.65. The lowest BCUT2D eigenvalue weighted by atomic mass is 10.1. The molecule has 0 bridgehead atoms. The molecule has 2 aromatic heterocycles. The van der Waals surface area contributed by atoms with E-state index in [9.17, 15) is 13.2 Å². The van der Waals surface area contributed by atoms with E-state index in [0.29, 0.717) is 12.1 Å². The summed E-state index contributed by atoms with van der Waals surface area (Å²) in [7, 11) is -3.91. The van der Waals surface area contributed by atoms with E-state index in [-0.39, 0.29) is 19.5 Å². The van der Waals surface area contributed by atoms with Crippen LogP contribution in [0.25, 0.3) is 10.6 Å². The van der Waals surface area contributed by atoms with Gasteiger partial charge >= 0.3 is 5.97 Å². The van der Waals surface area contributed by atoms with Crippen LogP contribution in [-0.4, -0.2) is 33.8 Å². The van der Waals surface area contributed by atoms with E-state index in [1.165, 1.54) is 10.4 Å². The summed E-state index contributed by atoms with van der Waals surface area (Å²) in [6.07, 6.45) is 5.10. The smallest absolute Gasteiger partial charge is 0.303 e. The molecule has 0 saturated heterocycles. The highest BCUT2D eigenvalue weighted by Crippen LogP contribution is 2.29. The minimum absolute atomic E-state index is 0.00905. The van der Waals surface area contributed by atoms with Crippen molar-refractivity contribution in [1.82, 2.24) is 14.3 Å². The summed E-state index contributed by atoms with van der Waals surface area (Å²) in [5.41, 5.74) is 3.81. The summed E-state index contributed by atoms with van der Waals surface area (Å²) < 4.78 is 29.3. The summed E-state index contributed by atoms with van der Waals surface area (Å²) >= 11 is 1.54. The molecule has 0 aliphatic carbocycles. The van der Waals surface area contributed by atoms with Gasteiger partial charge in [0.1, 0.15) is 10.3 Å². The van der Waals surface area contributed by atoms with Gasteiger partial charge in [0.25, 0.3) is 0 Å². The molecule has 2 aromatic carbocycles. The topological polar surface area (TPSA) is 100 Å². The molecule has 1 N–H and O–H groups in total. The highest BCUT2D eigenvalue weighted by atomic mass is 32.2. The van der Waals surface area contributed by atoms with Crippen LogP contribution in [0.5, 0.6) is 0 Å². The number of pyridine rings is 1. The zero-order valence-corrected chi connectivity index (χ0v) is 21.7. The molecule has 0 fully saturated rings. The lowest BCUT2D eigenvalue weighted by molar-refractivity contribution is -0.136. The molecular formula is C28H27N3O4S2. The van der Waals surface area contributed by atoms with Crippen molar-refractivity contribution in [2.75, 3.05) is 0 Å². The number of benzene rings is 2. The van der Waals surface area contributed by atoms with Crippen LogP contribution >= 0.6 is 11.3 Å². The van der Waals surface area contributed by atoms with Gasteiger partial charge in [-0.1, -0.05) is 60.7 Å². The van der Waals surface area contributed by atoms with Crippen LogP contribution in [-0.2, 0) is 34.3 Å². The first-order valence-electron chi connectivity index (χ1n) is 11.7. The van der Waals surface area contributed by atoms with Gasteiger partial charge in [-0.15, -0.1) is 17.9 Å². The maximum atomic E-state index is 14.0. The summed E-state index contributed by atoms with van der Waals surface area (Å²) in [4.78, 5) is 19.6. The van der Waals surface area contributed by atoms with Crippen molar-refractivity contribution in [1.29, 1.82) is 0 Å². The van der Waals surface area contributed by atoms with Crippen molar-refractivity contribution in [3.8, 4) is 10.6 Å². The third-order valence-corrected chi connectivity index (χ3v) is 8.72. The molecule has 7 nitrogen and oxygen atoms in total. The zero-order valence-electron chi connectivity index (χ0n) is 20.1. The van der Waals surface area contributed by atoms with E-state index in [1.54, 1.807) is 41.9 Å². The second kappa shape index (κ2) is 12.1. The van der Waals surface area contributed by atoms with E-state index >= 15 is 0 Å². The minimum Gasteiger partial charge on any atom is -0.481 e. The Hall–Kier alpha value is -3.66. The second-order valence-electron chi connectivity index (χ2n) is 8.47. The first kappa shape index (κ1) is 26.4. The van der Waals surface area contributed by atoms with Crippen LogP contribution in [0.15, 0.2) is 97.2 Å². The Morgan fingerprint density at radius 2 is 1.73 bits per heavy atom. The maximum Gasteiger partial charge on any atom is 0.303 e. The molecule has 1 atom stereocenters. The summed E-state index contributed by atoms with van der Waals surface area (Å²) in [5.74, 6) is -0.875. The summed E-state index contributed by atoms with van der Waals surface area (Å²) in [6.45, 7) is 4.06. The molecule has 2 heterocycles. The van der Waals surface area contributed by atoms with E-state index < -0.39 is 21.2 Å². The number of carboxylic acids is 1. The van der Waals surface area contributed by atoms with Gasteiger partial charge in [-0.2, -0.15) is 4.31 Å². The molecule has 0 spiro atoms. The highest BCUT2D eigenvalue weighted by molar-refractivity contribution is 7.89. The van der Waals surface area contributed by atoms with E-state index in [0.717, 1.165) is 27.3 Å². The first-order valence-corrected chi connectivity index (χ1v) is 14.1. The molecule has 37 heavy (non-hydrogen) atoms. The van der Waals surface area contributed by atoms with E-state index in [2.05, 4.69) is 16.5 Å². The fraction of sp³-hybridized carbons (Fsp3) is 0.179. The van der Waals surface area contributed by atoms with Crippen LogP contribution in [0.3, 0.4) is 0 Å². The standard InChI is InChI=1S/C28H27N3O4S2/c1-2-26(25-8-3-4-15-29-25)37(34,35)31(20-23-7-5-6-21(18-23)11-14-27(32)33)19-22-9-12-24(13-10-22)28-30-16-17-36-28/h2-10,12-13,15-18,26H,1,11,14,19-20H2,(H,32,33). The van der Waals surface area contributed by atoms with Crippen molar-refractivity contribution in [2.45, 2.75) is 31.2 Å². The SMILES string of the molecule is C=CC(c1ccccn1)S(=O)(=O)N(Cc1ccc(-c2nccs2)cc1)Cc1cccc(CCC(=O)O)c1. The number of carboxylic acid groups (broad SMARTS) is 1. The summed E-state index contributed by atoms with van der Waals surface area (Å²) in [6, 6.07) is 20.2. The largest absolute Gasteiger partial charge is 0.481 e. The summed E-state index contributed by atoms with van der Waals surface area (Å²) in [5, 5.41) is 10.8. The van der Waals surface area contributed by atoms with E-state index in [1.807, 2.05) is 53.9 Å². The monoisotopic (exact) mass is 533 g/mol. The molecule has 0 radical (unpaired) electrons. The van der Waals surface area contributed by atoms with Gasteiger partial charge in [-0.3, -0.25) is 9.78 Å². The molecule has 0 aliphatic rings. The van der Waals surface area contributed by atoms with Gasteiger partial charge in [0, 0.05) is 42.8 Å². The Morgan fingerprint density at radius 1 is 0.973 bits per heavy atom. The van der Waals surface area contributed by atoms with Gasteiger partial charge in [-0.25, -0.2) is 13.4 Å². The number of rotatable bonds is 12. The third kappa shape index (κ3) is 6.76. The van der Waals surface area contributed by atoms with Crippen LogP contribution in [0.2, 0.25) is 0 Å². The molecular weight excluding hydrogens is 506 g/mol. The van der Waals surface area contributed by atoms with Crippen molar-refractivity contribution < 1.29 is 18.3 Å². The minimum atomic E-state index is -3.91. The predicted molar refractivity (Wildman–Crippen MR) is 145 cm³/mol. The average molecular weight is 534 g/mol. The number of sulfonamides is 1. The predicted octanol–water partition coefficient (Wildman–Crippen LogP) is 5.48. The second-order valence-corrected chi connectivity index (χ2v) is 11.4. The van der Waals surface area contributed by atoms with Crippen LogP contribution < -0.4 is 0 Å². The van der Waals surface area contributed by atoms with Gasteiger partial charge in [-0.05, 0) is 35.2 Å². The van der Waals surface area contributed by atoms with Gasteiger partial charge < -0.3 is 5.11 Å². The van der Waals surface area contributed by atoms with Gasteiger partial charge in [0.05, 0.1) is 5.69 Å². The molecule has 4 rings (SSSR count). The van der Waals surface area contributed by atoms with Crippen molar-refractivity contribution in [2.24, 2.45) is 0 Å². The van der Waals surface area contributed by atoms with Crippen molar-refractivity contribution >= 4 is 27.3 Å². The molecule has 0 saturated carbocycles. The Kier molecular flexibility index (Phi) is 8.60. The maximum absolute atomic E-state index is 14.0. The molecule has 0 amide bonds. The number of hydrogen-bond acceptors (Lipinski definition) is 6. The van der Waals surface area contributed by atoms with Crippen LogP contribution in [0.4, 0.5) is 0 Å². The first-order chi connectivity index (χ1) is 17.9. The number of aliphatic carboxylic acids is 1. The van der Waals surface area contributed by atoms with Crippen molar-refractivity contribution in [3.63, 3.8) is 0 Å².